The summed E-state index contributed by atoms with van der Waals surface area (Å²) in [6.07, 6.45) is 3.32. The Kier molecular flexibility index (Phi) is 5.79. The van der Waals surface area contributed by atoms with E-state index in [0.29, 0.717) is 25.5 Å². The van der Waals surface area contributed by atoms with Gasteiger partial charge in [0, 0.05) is 5.03 Å². The van der Waals surface area contributed by atoms with Gasteiger partial charge in [-0.2, -0.15) is 0 Å². The van der Waals surface area contributed by atoms with Crippen LogP contribution in [0.2, 0.25) is 0 Å². The highest BCUT2D eigenvalue weighted by atomic mass is 35.5. The molecule has 0 radical (unpaired) electrons. The quantitative estimate of drug-likeness (QED) is 0.547. The summed E-state index contributed by atoms with van der Waals surface area (Å²) in [6, 6.07) is 14.3. The van der Waals surface area contributed by atoms with Crippen LogP contribution in [0.15, 0.2) is 64.5 Å². The molecule has 0 aliphatic carbocycles. The fourth-order valence-corrected chi connectivity index (χ4v) is 4.13. The van der Waals surface area contributed by atoms with Crippen molar-refractivity contribution in [1.82, 2.24) is 0 Å². The summed E-state index contributed by atoms with van der Waals surface area (Å²) in [6.45, 7) is 1.70. The van der Waals surface area contributed by atoms with Crippen LogP contribution in [0, 0.1) is 6.92 Å². The summed E-state index contributed by atoms with van der Waals surface area (Å²) in [4.78, 5) is 25.9. The van der Waals surface area contributed by atoms with E-state index in [-0.39, 0.29) is 11.5 Å². The Labute approximate surface area is 171 Å². The number of amides is 1. The molecule has 2 aromatic carbocycles. The summed E-state index contributed by atoms with van der Waals surface area (Å²) in [5.74, 6) is -1.38. The summed E-state index contributed by atoms with van der Waals surface area (Å²) >= 11 is 12.7. The number of rotatable bonds is 4. The number of thiocarbonyl (C=S) groups is 1. The Morgan fingerprint density at radius 1 is 1.22 bits per heavy atom. The zero-order valence-electron chi connectivity index (χ0n) is 14.2. The molecule has 0 bridgehead atoms. The Morgan fingerprint density at radius 3 is 2.59 bits per heavy atom. The highest BCUT2D eigenvalue weighted by Crippen LogP contribution is 2.36. The van der Waals surface area contributed by atoms with Crippen molar-refractivity contribution in [3.63, 3.8) is 0 Å². The van der Waals surface area contributed by atoms with E-state index in [9.17, 15) is 14.7 Å². The molecule has 1 fully saturated rings. The molecule has 0 atom stereocenters. The first kappa shape index (κ1) is 19.4. The standard InChI is InChI=1S/C20H14ClNO3S2/c1-12-7-8-15(11-16(12)19(24)25)22-18(23)17(27-20(22)26)10-14(21)9-13-5-3-2-4-6-13/h2-11H,1H3,(H,24,25). The maximum atomic E-state index is 12.8. The van der Waals surface area contributed by atoms with Crippen molar-refractivity contribution < 1.29 is 14.7 Å². The zero-order chi connectivity index (χ0) is 19.6. The molecule has 1 aliphatic rings. The number of aromatic carboxylic acids is 1. The van der Waals surface area contributed by atoms with Crippen molar-refractivity contribution in [3.05, 3.63) is 81.2 Å². The van der Waals surface area contributed by atoms with Gasteiger partial charge in [-0.3, -0.25) is 9.69 Å². The summed E-state index contributed by atoms with van der Waals surface area (Å²) in [5, 5.41) is 9.70. The number of carboxylic acids is 1. The van der Waals surface area contributed by atoms with Gasteiger partial charge in [-0.25, -0.2) is 4.79 Å². The minimum atomic E-state index is -1.05. The molecular weight excluding hydrogens is 402 g/mol. The number of aryl methyl sites for hydroxylation is 1. The zero-order valence-corrected chi connectivity index (χ0v) is 16.6. The predicted octanol–water partition coefficient (Wildman–Crippen LogP) is 5.22. The average Bonchev–Trinajstić information content (AvgIpc) is 2.89. The van der Waals surface area contributed by atoms with E-state index < -0.39 is 5.97 Å². The van der Waals surface area contributed by atoms with E-state index in [1.807, 2.05) is 30.3 Å². The minimum absolute atomic E-state index is 0.132. The lowest BCUT2D eigenvalue weighted by Gasteiger charge is -2.15. The van der Waals surface area contributed by atoms with Crippen molar-refractivity contribution in [2.24, 2.45) is 0 Å². The molecule has 3 rings (SSSR count). The maximum Gasteiger partial charge on any atom is 0.336 e. The second-order valence-electron chi connectivity index (χ2n) is 5.76. The molecule has 7 heteroatoms. The minimum Gasteiger partial charge on any atom is -0.478 e. The number of thioether (sulfide) groups is 1. The van der Waals surface area contributed by atoms with Gasteiger partial charge in [0.2, 0.25) is 0 Å². The Balaban J connectivity index is 1.90. The van der Waals surface area contributed by atoms with Crippen molar-refractivity contribution in [2.75, 3.05) is 4.90 Å². The molecule has 0 spiro atoms. The van der Waals surface area contributed by atoms with E-state index >= 15 is 0 Å². The molecule has 27 heavy (non-hydrogen) atoms. The van der Waals surface area contributed by atoms with E-state index in [0.717, 1.165) is 17.3 Å². The lowest BCUT2D eigenvalue weighted by molar-refractivity contribution is -0.113. The van der Waals surface area contributed by atoms with Gasteiger partial charge >= 0.3 is 5.97 Å². The summed E-state index contributed by atoms with van der Waals surface area (Å²) in [7, 11) is 0. The molecule has 1 amide bonds. The molecule has 2 aromatic rings. The number of hydrogen-bond donors (Lipinski definition) is 1. The number of allylic oxidation sites excluding steroid dienone is 2. The Bertz CT molecular complexity index is 1000. The van der Waals surface area contributed by atoms with Gasteiger partial charge in [0.15, 0.2) is 4.32 Å². The molecule has 1 N–H and O–H groups in total. The van der Waals surface area contributed by atoms with Crippen LogP contribution >= 0.6 is 35.6 Å². The fraction of sp³-hybridized carbons (Fsp3) is 0.0500. The number of benzene rings is 2. The lowest BCUT2D eigenvalue weighted by atomic mass is 10.1. The molecule has 1 heterocycles. The summed E-state index contributed by atoms with van der Waals surface area (Å²) < 4.78 is 0.329. The molecule has 0 aromatic heterocycles. The van der Waals surface area contributed by atoms with E-state index in [4.69, 9.17) is 23.8 Å². The number of nitrogens with zero attached hydrogens (tertiary/aromatic N) is 1. The number of carbonyl (C=O) groups excluding carboxylic acids is 1. The van der Waals surface area contributed by atoms with Gasteiger partial charge in [-0.05, 0) is 42.3 Å². The molecule has 4 nitrogen and oxygen atoms in total. The van der Waals surface area contributed by atoms with Gasteiger partial charge in [-0.15, -0.1) is 0 Å². The molecule has 1 aliphatic heterocycles. The highest BCUT2D eigenvalue weighted by molar-refractivity contribution is 8.27. The van der Waals surface area contributed by atoms with Crippen molar-refractivity contribution in [3.8, 4) is 0 Å². The maximum absolute atomic E-state index is 12.8. The smallest absolute Gasteiger partial charge is 0.336 e. The van der Waals surface area contributed by atoms with Gasteiger partial charge in [-0.1, -0.05) is 72.0 Å². The van der Waals surface area contributed by atoms with Crippen LogP contribution < -0.4 is 4.90 Å². The van der Waals surface area contributed by atoms with E-state index in [1.165, 1.54) is 11.0 Å². The van der Waals surface area contributed by atoms with Gasteiger partial charge < -0.3 is 5.11 Å². The second kappa shape index (κ2) is 8.08. The normalized spacial score (nSPS) is 16.3. The van der Waals surface area contributed by atoms with Crippen molar-refractivity contribution in [1.29, 1.82) is 0 Å². The molecule has 0 unspecified atom stereocenters. The number of carbonyl (C=O) groups is 2. The monoisotopic (exact) mass is 415 g/mol. The van der Waals surface area contributed by atoms with Gasteiger partial charge in [0.25, 0.3) is 5.91 Å². The Morgan fingerprint density at radius 2 is 1.93 bits per heavy atom. The SMILES string of the molecule is Cc1ccc(N2C(=O)C(=CC(Cl)=Cc3ccccc3)SC2=S)cc1C(=O)O. The summed E-state index contributed by atoms with van der Waals surface area (Å²) in [5.41, 5.74) is 2.08. The van der Waals surface area contributed by atoms with Crippen LogP contribution in [0.3, 0.4) is 0 Å². The topological polar surface area (TPSA) is 57.6 Å². The first-order valence-corrected chi connectivity index (χ1v) is 9.51. The van der Waals surface area contributed by atoms with Crippen LogP contribution in [-0.4, -0.2) is 21.3 Å². The predicted molar refractivity (Wildman–Crippen MR) is 114 cm³/mol. The first-order valence-electron chi connectivity index (χ1n) is 7.91. The average molecular weight is 416 g/mol. The van der Waals surface area contributed by atoms with Crippen LogP contribution in [0.1, 0.15) is 21.5 Å². The largest absolute Gasteiger partial charge is 0.478 e. The molecular formula is C20H14ClNO3S2. The lowest BCUT2D eigenvalue weighted by Crippen LogP contribution is -2.27. The van der Waals surface area contributed by atoms with Crippen molar-refractivity contribution >= 4 is 63.5 Å². The van der Waals surface area contributed by atoms with Gasteiger partial charge in [0.1, 0.15) is 0 Å². The number of anilines is 1. The highest BCUT2D eigenvalue weighted by Gasteiger charge is 2.33. The molecule has 136 valence electrons. The second-order valence-corrected chi connectivity index (χ2v) is 7.87. The third kappa shape index (κ3) is 4.30. The van der Waals surface area contributed by atoms with Crippen LogP contribution in [0.25, 0.3) is 6.08 Å². The number of halogens is 1. The van der Waals surface area contributed by atoms with E-state index in [1.54, 1.807) is 31.2 Å². The van der Waals surface area contributed by atoms with Crippen molar-refractivity contribution in [2.45, 2.75) is 6.92 Å². The molecule has 1 saturated heterocycles. The van der Waals surface area contributed by atoms with Crippen LogP contribution in [0.4, 0.5) is 5.69 Å². The Hall–Kier alpha value is -2.41. The fourth-order valence-electron chi connectivity index (χ4n) is 2.55. The molecule has 0 saturated carbocycles. The number of carboxylic acid groups (broad SMARTS) is 1. The van der Waals surface area contributed by atoms with Gasteiger partial charge in [0.05, 0.1) is 16.2 Å². The van der Waals surface area contributed by atoms with Crippen LogP contribution in [0.5, 0.6) is 0 Å². The first-order chi connectivity index (χ1) is 12.9. The third-order valence-corrected chi connectivity index (χ3v) is 5.40. The van der Waals surface area contributed by atoms with Crippen LogP contribution in [-0.2, 0) is 4.79 Å². The number of hydrogen-bond acceptors (Lipinski definition) is 4. The van der Waals surface area contributed by atoms with E-state index in [2.05, 4.69) is 0 Å². The third-order valence-electron chi connectivity index (χ3n) is 3.88.